The highest BCUT2D eigenvalue weighted by Crippen LogP contribution is 2.08. The van der Waals surface area contributed by atoms with Gasteiger partial charge in [-0.3, -0.25) is 0 Å². The van der Waals surface area contributed by atoms with Crippen molar-refractivity contribution in [2.24, 2.45) is 0 Å². The van der Waals surface area contributed by atoms with Gasteiger partial charge in [-0.15, -0.1) is 0 Å². The van der Waals surface area contributed by atoms with Crippen LogP contribution in [0.3, 0.4) is 0 Å². The average molecular weight is 184 g/mol. The molecule has 0 saturated heterocycles. The summed E-state index contributed by atoms with van der Waals surface area (Å²) in [6.07, 6.45) is 14.6. The molecule has 0 aliphatic carbocycles. The second-order valence-electron chi connectivity index (χ2n) is 3.56. The van der Waals surface area contributed by atoms with Crippen molar-refractivity contribution in [1.29, 1.82) is 0 Å². The van der Waals surface area contributed by atoms with Crippen LogP contribution >= 0.6 is 0 Å². The van der Waals surface area contributed by atoms with Gasteiger partial charge in [-0.1, -0.05) is 57.6 Å². The van der Waals surface area contributed by atoms with Gasteiger partial charge < -0.3 is 5.11 Å². The van der Waals surface area contributed by atoms with E-state index in [-0.39, 0.29) is 6.61 Å². The van der Waals surface area contributed by atoms with Gasteiger partial charge in [-0.05, 0) is 12.8 Å². The minimum absolute atomic E-state index is 0.191. The van der Waals surface area contributed by atoms with E-state index in [1.54, 1.807) is 0 Å². The molecule has 1 heteroatoms. The highest BCUT2D eigenvalue weighted by atomic mass is 16.2. The molecule has 0 radical (unpaired) electrons. The summed E-state index contributed by atoms with van der Waals surface area (Å²) < 4.78 is 0. The first kappa shape index (κ1) is 12.7. The summed E-state index contributed by atoms with van der Waals surface area (Å²) in [6, 6.07) is 0. The summed E-state index contributed by atoms with van der Waals surface area (Å²) in [6.45, 7) is 2.44. The third kappa shape index (κ3) is 11.7. The van der Waals surface area contributed by atoms with Gasteiger partial charge in [0.05, 0.1) is 6.61 Å². The number of allylic oxidation sites excluding steroid dienone is 1. The molecule has 0 bridgehead atoms. The van der Waals surface area contributed by atoms with E-state index < -0.39 is 0 Å². The molecule has 0 aromatic rings. The molecule has 0 aromatic heterocycles. The number of aliphatic hydroxyl groups excluding tert-OH is 1. The number of hydrogen-bond donors (Lipinski definition) is 1. The summed E-state index contributed by atoms with van der Waals surface area (Å²) in [4.78, 5) is 0. The van der Waals surface area contributed by atoms with Crippen LogP contribution in [-0.2, 0) is 0 Å². The lowest BCUT2D eigenvalue weighted by atomic mass is 10.1. The van der Waals surface area contributed by atoms with Gasteiger partial charge in [0.2, 0.25) is 0 Å². The van der Waals surface area contributed by atoms with Crippen molar-refractivity contribution >= 4 is 0 Å². The van der Waals surface area contributed by atoms with Crippen LogP contribution in [0.1, 0.15) is 58.3 Å². The van der Waals surface area contributed by atoms with Crippen LogP contribution in [0, 0.1) is 0 Å². The standard InChI is InChI=1S/C12H24O/c1-2-3-4-5-6-7-8-9-10-11-12-13/h10-11,13H,2-9,12H2,1H3/b11-10-. The fourth-order valence-electron chi connectivity index (χ4n) is 1.41. The SMILES string of the molecule is CCCCCCCCC/C=C\CO. The Morgan fingerprint density at radius 3 is 2.08 bits per heavy atom. The summed E-state index contributed by atoms with van der Waals surface area (Å²) in [5.74, 6) is 0. The Morgan fingerprint density at radius 1 is 0.846 bits per heavy atom. The van der Waals surface area contributed by atoms with Crippen LogP contribution in [0.5, 0.6) is 0 Å². The van der Waals surface area contributed by atoms with Gasteiger partial charge >= 0.3 is 0 Å². The Bertz CT molecular complexity index is 108. The average Bonchev–Trinajstić information content (AvgIpc) is 2.16. The molecule has 0 unspecified atom stereocenters. The van der Waals surface area contributed by atoms with Crippen LogP contribution in [0.2, 0.25) is 0 Å². The van der Waals surface area contributed by atoms with E-state index in [9.17, 15) is 0 Å². The molecule has 0 saturated carbocycles. The lowest BCUT2D eigenvalue weighted by molar-refractivity contribution is 0.342. The van der Waals surface area contributed by atoms with Crippen molar-refractivity contribution in [1.82, 2.24) is 0 Å². The molecule has 0 spiro atoms. The first-order chi connectivity index (χ1) is 6.41. The zero-order chi connectivity index (χ0) is 9.78. The van der Waals surface area contributed by atoms with Crippen LogP contribution in [0.25, 0.3) is 0 Å². The van der Waals surface area contributed by atoms with Crippen molar-refractivity contribution in [3.8, 4) is 0 Å². The maximum atomic E-state index is 8.48. The molecule has 0 atom stereocenters. The maximum Gasteiger partial charge on any atom is 0.0612 e. The summed E-state index contributed by atoms with van der Waals surface area (Å²) in [5.41, 5.74) is 0. The lowest BCUT2D eigenvalue weighted by Gasteiger charge is -1.98. The monoisotopic (exact) mass is 184 g/mol. The van der Waals surface area contributed by atoms with Crippen LogP contribution in [0.4, 0.5) is 0 Å². The van der Waals surface area contributed by atoms with Gasteiger partial charge in [0.25, 0.3) is 0 Å². The molecule has 0 rings (SSSR count). The molecule has 1 N–H and O–H groups in total. The fourth-order valence-corrected chi connectivity index (χ4v) is 1.41. The predicted molar refractivity (Wildman–Crippen MR) is 58.8 cm³/mol. The lowest BCUT2D eigenvalue weighted by Crippen LogP contribution is -1.79. The highest BCUT2D eigenvalue weighted by molar-refractivity contribution is 4.80. The van der Waals surface area contributed by atoms with Gasteiger partial charge in [-0.2, -0.15) is 0 Å². The fraction of sp³-hybridized carbons (Fsp3) is 0.833. The van der Waals surface area contributed by atoms with E-state index >= 15 is 0 Å². The molecule has 13 heavy (non-hydrogen) atoms. The zero-order valence-corrected chi connectivity index (χ0v) is 8.97. The Kier molecular flexibility index (Phi) is 11.4. The van der Waals surface area contributed by atoms with E-state index in [0.29, 0.717) is 0 Å². The zero-order valence-electron chi connectivity index (χ0n) is 8.97. The molecular weight excluding hydrogens is 160 g/mol. The van der Waals surface area contributed by atoms with Crippen molar-refractivity contribution < 1.29 is 5.11 Å². The Balaban J connectivity index is 2.87. The van der Waals surface area contributed by atoms with Gasteiger partial charge in [0, 0.05) is 0 Å². The molecule has 1 nitrogen and oxygen atoms in total. The Hall–Kier alpha value is -0.300. The van der Waals surface area contributed by atoms with E-state index in [4.69, 9.17) is 5.11 Å². The first-order valence-corrected chi connectivity index (χ1v) is 5.67. The molecule has 0 heterocycles. The second kappa shape index (κ2) is 11.7. The van der Waals surface area contributed by atoms with Crippen LogP contribution in [-0.4, -0.2) is 11.7 Å². The van der Waals surface area contributed by atoms with Crippen LogP contribution in [0.15, 0.2) is 12.2 Å². The van der Waals surface area contributed by atoms with E-state index in [0.717, 1.165) is 6.42 Å². The normalized spacial score (nSPS) is 11.2. The Morgan fingerprint density at radius 2 is 1.46 bits per heavy atom. The van der Waals surface area contributed by atoms with E-state index in [1.807, 2.05) is 6.08 Å². The minimum Gasteiger partial charge on any atom is -0.392 e. The van der Waals surface area contributed by atoms with Gasteiger partial charge in [0.1, 0.15) is 0 Å². The van der Waals surface area contributed by atoms with E-state index in [1.165, 1.54) is 44.9 Å². The molecule has 78 valence electrons. The number of rotatable bonds is 9. The molecular formula is C12H24O. The largest absolute Gasteiger partial charge is 0.392 e. The number of hydrogen-bond acceptors (Lipinski definition) is 1. The molecule has 0 aliphatic rings. The second-order valence-corrected chi connectivity index (χ2v) is 3.56. The Labute approximate surface area is 82.9 Å². The molecule has 0 aliphatic heterocycles. The number of unbranched alkanes of at least 4 members (excludes halogenated alkanes) is 7. The smallest absolute Gasteiger partial charge is 0.0612 e. The van der Waals surface area contributed by atoms with Crippen molar-refractivity contribution in [2.45, 2.75) is 58.3 Å². The number of aliphatic hydroxyl groups is 1. The topological polar surface area (TPSA) is 20.2 Å². The van der Waals surface area contributed by atoms with Gasteiger partial charge in [-0.25, -0.2) is 0 Å². The first-order valence-electron chi connectivity index (χ1n) is 5.67. The molecule has 0 aromatic carbocycles. The van der Waals surface area contributed by atoms with Crippen molar-refractivity contribution in [2.75, 3.05) is 6.61 Å². The summed E-state index contributed by atoms with van der Waals surface area (Å²) in [7, 11) is 0. The quantitative estimate of drug-likeness (QED) is 0.428. The highest BCUT2D eigenvalue weighted by Gasteiger charge is 1.88. The van der Waals surface area contributed by atoms with E-state index in [2.05, 4.69) is 13.0 Å². The third-order valence-corrected chi connectivity index (χ3v) is 2.25. The predicted octanol–water partition coefficient (Wildman–Crippen LogP) is 3.68. The maximum absolute atomic E-state index is 8.48. The van der Waals surface area contributed by atoms with Crippen molar-refractivity contribution in [3.05, 3.63) is 12.2 Å². The van der Waals surface area contributed by atoms with Crippen LogP contribution < -0.4 is 0 Å². The summed E-state index contributed by atoms with van der Waals surface area (Å²) in [5, 5.41) is 8.48. The molecule has 0 fully saturated rings. The van der Waals surface area contributed by atoms with Crippen molar-refractivity contribution in [3.63, 3.8) is 0 Å². The van der Waals surface area contributed by atoms with Gasteiger partial charge in [0.15, 0.2) is 0 Å². The summed E-state index contributed by atoms with van der Waals surface area (Å²) >= 11 is 0. The molecule has 0 amide bonds. The minimum atomic E-state index is 0.191. The third-order valence-electron chi connectivity index (χ3n) is 2.25.